The largest absolute Gasteiger partial charge is 0.356 e. The lowest BCUT2D eigenvalue weighted by atomic mass is 9.90. The molecular formula is C56H59BrCl4N2. The molecule has 328 valence electrons. The van der Waals surface area contributed by atoms with Crippen LogP contribution in [-0.2, 0) is 51.4 Å². The smallest absolute Gasteiger partial charge is 0.0648 e. The van der Waals surface area contributed by atoms with E-state index < -0.39 is 0 Å². The van der Waals surface area contributed by atoms with Gasteiger partial charge in [-0.1, -0.05) is 142 Å². The van der Waals surface area contributed by atoms with Gasteiger partial charge >= 0.3 is 0 Å². The zero-order valence-corrected chi connectivity index (χ0v) is 41.6. The molecule has 0 aliphatic heterocycles. The van der Waals surface area contributed by atoms with Gasteiger partial charge in [-0.3, -0.25) is 0 Å². The molecule has 7 heteroatoms. The Morgan fingerprint density at radius 2 is 0.714 bits per heavy atom. The summed E-state index contributed by atoms with van der Waals surface area (Å²) in [5, 5.41) is 4.93. The molecule has 6 aromatic carbocycles. The van der Waals surface area contributed by atoms with Crippen LogP contribution in [0.3, 0.4) is 0 Å². The summed E-state index contributed by atoms with van der Waals surface area (Å²) in [6.45, 7) is 16.7. The van der Waals surface area contributed by atoms with Crippen LogP contribution in [0.1, 0.15) is 116 Å². The molecule has 0 saturated heterocycles. The van der Waals surface area contributed by atoms with Gasteiger partial charge in [0.2, 0.25) is 0 Å². The van der Waals surface area contributed by atoms with Gasteiger partial charge in [-0.05, 0) is 202 Å². The van der Waals surface area contributed by atoms with Crippen LogP contribution in [0.5, 0.6) is 0 Å². The normalized spacial score (nSPS) is 20.3. The molecule has 0 heterocycles. The Morgan fingerprint density at radius 1 is 0.413 bits per heavy atom. The Hall–Kier alpha value is -3.44. The van der Waals surface area contributed by atoms with Crippen molar-refractivity contribution in [3.8, 4) is 0 Å². The first kappa shape index (κ1) is 33.1. The van der Waals surface area contributed by atoms with Crippen LogP contribution in [0, 0.1) is 21.7 Å². The predicted octanol–water partition coefficient (Wildman–Crippen LogP) is 18.1. The Bertz CT molecular complexity index is 3140. The summed E-state index contributed by atoms with van der Waals surface area (Å²) >= 11 is 27.3. The van der Waals surface area contributed by atoms with E-state index in [2.05, 4.69) is 76.6 Å². The second-order valence-corrected chi connectivity index (χ2v) is 23.2. The summed E-state index contributed by atoms with van der Waals surface area (Å²) in [7, 11) is 0. The molecule has 0 atom stereocenters. The van der Waals surface area contributed by atoms with E-state index in [1.165, 1.54) is 4.90 Å². The molecule has 0 aromatic heterocycles. The van der Waals surface area contributed by atoms with E-state index >= 15 is 0 Å². The SMILES string of the molecule is Clc1cc(Cl)cc(Br)c1.[2H]c1c([2H])c(N(c2cc(Cl)cc(Cl)c2)c2c([2H])c([2H])c3c(c2[2H])CC(C)(C)C3)c([2H])c2c1CC(C)(C)C2.[2H]c1c([2H])c(Nc2c([2H])c([2H])c3c(c2[2H])CC(C)(C)C3)c([2H])c2c1CC(C)(C)C2. The first-order chi connectivity index (χ1) is 34.6. The average Bonchev–Trinajstić information content (AvgIpc) is 4.03. The molecule has 0 spiro atoms. The number of rotatable bonds is 5. The summed E-state index contributed by atoms with van der Waals surface area (Å²) in [5.74, 6) is 0. The van der Waals surface area contributed by atoms with Crippen LogP contribution in [0.25, 0.3) is 0 Å². The van der Waals surface area contributed by atoms with Crippen molar-refractivity contribution in [1.82, 2.24) is 0 Å². The number of anilines is 5. The third-order valence-electron chi connectivity index (χ3n) is 11.8. The molecule has 0 radical (unpaired) electrons. The molecule has 0 amide bonds. The molecule has 0 fully saturated rings. The molecule has 63 heavy (non-hydrogen) atoms. The molecule has 1 N–H and O–H groups in total. The van der Waals surface area contributed by atoms with Gasteiger partial charge in [-0.15, -0.1) is 0 Å². The standard InChI is InChI=1S/C28H29Cl2N.C22H27N.C6H3BrCl2/c1-27(2)14-18-5-7-24(9-20(18)16-27)31(26-12-22(29)11-23(30)13-26)25-8-6-19-15-28(3,4)17-21(19)10-25;1-21(2)11-15-5-7-19(9-17(15)13-21)23-20-8-6-16-12-22(3,4)14-18(16)10-20;7-4-1-5(8)3-6(9)2-4/h5-13H,14-17H2,1-4H3;5-10,23H,11-14H2,1-4H3;1-3H/i2*5D,6D,7D,8D,9D,10D;. The molecule has 10 rings (SSSR count). The van der Waals surface area contributed by atoms with Gasteiger partial charge in [0.25, 0.3) is 0 Å². The van der Waals surface area contributed by atoms with Gasteiger partial charge in [-0.2, -0.15) is 0 Å². The fourth-order valence-electron chi connectivity index (χ4n) is 9.18. The average molecular weight is 994 g/mol. The van der Waals surface area contributed by atoms with Crippen molar-refractivity contribution < 1.29 is 16.4 Å². The zero-order valence-electron chi connectivity index (χ0n) is 49.0. The molecule has 4 aliphatic carbocycles. The van der Waals surface area contributed by atoms with Crippen LogP contribution in [-0.4, -0.2) is 0 Å². The minimum atomic E-state index is -0.149. The van der Waals surface area contributed by atoms with Crippen molar-refractivity contribution >= 4 is 90.8 Å². The quantitative estimate of drug-likeness (QED) is 0.185. The maximum atomic E-state index is 9.21. The molecule has 0 unspecified atom stereocenters. The second-order valence-electron chi connectivity index (χ2n) is 20.5. The highest BCUT2D eigenvalue weighted by Crippen LogP contribution is 2.45. The molecular weight excluding hydrogens is 922 g/mol. The highest BCUT2D eigenvalue weighted by molar-refractivity contribution is 9.10. The number of nitrogens with zero attached hydrogens (tertiary/aromatic N) is 1. The molecule has 0 bridgehead atoms. The van der Waals surface area contributed by atoms with Crippen molar-refractivity contribution in [1.29, 1.82) is 0 Å². The van der Waals surface area contributed by atoms with Gasteiger partial charge in [0.15, 0.2) is 0 Å². The van der Waals surface area contributed by atoms with Crippen LogP contribution >= 0.6 is 62.3 Å². The van der Waals surface area contributed by atoms with Crippen LogP contribution < -0.4 is 10.2 Å². The monoisotopic (exact) mass is 990 g/mol. The number of fused-ring (bicyclic) bond motifs is 4. The van der Waals surface area contributed by atoms with Crippen LogP contribution in [0.15, 0.2) is 113 Å². The van der Waals surface area contributed by atoms with E-state index in [1.54, 1.807) is 36.4 Å². The summed E-state index contributed by atoms with van der Waals surface area (Å²) in [6, 6.07) is 10.5. The number of halogens is 5. The predicted molar refractivity (Wildman–Crippen MR) is 276 cm³/mol. The van der Waals surface area contributed by atoms with Gasteiger partial charge < -0.3 is 10.2 Å². The fraction of sp³-hybridized carbons (Fsp3) is 0.357. The zero-order chi connectivity index (χ0) is 55.5. The third-order valence-corrected chi connectivity index (χ3v) is 13.1. The topological polar surface area (TPSA) is 15.3 Å². The maximum Gasteiger partial charge on any atom is 0.0648 e. The van der Waals surface area contributed by atoms with Crippen molar-refractivity contribution in [2.24, 2.45) is 21.7 Å². The summed E-state index contributed by atoms with van der Waals surface area (Å²) in [5.41, 5.74) is 6.52. The lowest BCUT2D eigenvalue weighted by Gasteiger charge is -2.27. The highest BCUT2D eigenvalue weighted by Gasteiger charge is 2.32. The maximum absolute atomic E-state index is 9.21. The lowest BCUT2D eigenvalue weighted by molar-refractivity contribution is 0.392. The van der Waals surface area contributed by atoms with Crippen molar-refractivity contribution in [2.45, 2.75) is 107 Å². The third kappa shape index (κ3) is 11.3. The van der Waals surface area contributed by atoms with Crippen LogP contribution in [0.4, 0.5) is 28.4 Å². The summed E-state index contributed by atoms with van der Waals surface area (Å²) < 4.78 is 106. The van der Waals surface area contributed by atoms with Crippen LogP contribution in [0.2, 0.25) is 20.1 Å². The van der Waals surface area contributed by atoms with Gasteiger partial charge in [-0.25, -0.2) is 0 Å². The molecule has 2 nitrogen and oxygen atoms in total. The summed E-state index contributed by atoms with van der Waals surface area (Å²) in [4.78, 5) is 1.50. The van der Waals surface area contributed by atoms with Crippen molar-refractivity contribution in [2.75, 3.05) is 10.2 Å². The van der Waals surface area contributed by atoms with E-state index in [-0.39, 0.29) is 117 Å². The number of nitrogens with one attached hydrogen (secondary N) is 1. The Morgan fingerprint density at radius 3 is 1.06 bits per heavy atom. The molecule has 4 aliphatic rings. The minimum absolute atomic E-state index is 0.0480. The van der Waals surface area contributed by atoms with Crippen molar-refractivity contribution in [3.63, 3.8) is 0 Å². The Labute approximate surface area is 421 Å². The second kappa shape index (κ2) is 17.7. The van der Waals surface area contributed by atoms with E-state index in [4.69, 9.17) is 60.1 Å². The number of hydrogen-bond acceptors (Lipinski definition) is 2. The first-order valence-corrected chi connectivity index (χ1v) is 23.5. The number of benzene rings is 6. The summed E-state index contributed by atoms with van der Waals surface area (Å²) in [6.07, 6.45) is 5.11. The van der Waals surface area contributed by atoms with Gasteiger partial charge in [0, 0.05) is 53.0 Å². The van der Waals surface area contributed by atoms with Crippen molar-refractivity contribution in [3.05, 3.63) is 178 Å². The lowest BCUT2D eigenvalue weighted by Crippen LogP contribution is -2.11. The van der Waals surface area contributed by atoms with E-state index in [9.17, 15) is 2.74 Å². The number of hydrogen-bond donors (Lipinski definition) is 1. The van der Waals surface area contributed by atoms with E-state index in [1.807, 2.05) is 0 Å². The highest BCUT2D eigenvalue weighted by atomic mass is 79.9. The molecule has 6 aromatic rings. The Balaban J connectivity index is 0.000000174. The van der Waals surface area contributed by atoms with E-state index in [0.717, 1.165) is 26.7 Å². The Kier molecular flexibility index (Phi) is 9.32. The van der Waals surface area contributed by atoms with E-state index in [0.29, 0.717) is 99.4 Å². The first-order valence-electron chi connectivity index (χ1n) is 27.2. The fourth-order valence-corrected chi connectivity index (χ4v) is 11.0. The minimum Gasteiger partial charge on any atom is -0.356 e. The van der Waals surface area contributed by atoms with Gasteiger partial charge in [0.05, 0.1) is 16.4 Å². The molecule has 0 saturated carbocycles. The van der Waals surface area contributed by atoms with Gasteiger partial charge in [0.1, 0.15) is 0 Å².